The van der Waals surface area contributed by atoms with Gasteiger partial charge in [-0.2, -0.15) is 0 Å². The van der Waals surface area contributed by atoms with Gasteiger partial charge >= 0.3 is 0 Å². The lowest BCUT2D eigenvalue weighted by Crippen LogP contribution is -2.50. The van der Waals surface area contributed by atoms with Crippen molar-refractivity contribution in [1.82, 2.24) is 4.90 Å². The molecule has 0 N–H and O–H groups in total. The maximum Gasteiger partial charge on any atom is 0.231 e. The molecule has 0 saturated carbocycles. The lowest BCUT2D eigenvalue weighted by Gasteiger charge is -2.44. The van der Waals surface area contributed by atoms with E-state index in [1.54, 1.807) is 0 Å². The summed E-state index contributed by atoms with van der Waals surface area (Å²) in [7, 11) is 0. The maximum atomic E-state index is 6.59. The second kappa shape index (κ2) is 6.73. The molecule has 6 rings (SSSR count). The molecule has 1 saturated heterocycles. The first-order valence-corrected chi connectivity index (χ1v) is 10.5. The molecular weight excluding hydrogens is 370 g/mol. The van der Waals surface area contributed by atoms with Gasteiger partial charge in [0.2, 0.25) is 13.6 Å². The first-order chi connectivity index (χ1) is 14.3. The predicted octanol–water partition coefficient (Wildman–Crippen LogP) is 4.12. The molecular formula is C23H25NO5. The molecule has 29 heavy (non-hydrogen) atoms. The third-order valence-corrected chi connectivity index (χ3v) is 6.57. The van der Waals surface area contributed by atoms with Gasteiger partial charge in [-0.25, -0.2) is 0 Å². The SMILES string of the molecule is CC1C(c2ccc3c(c2)OCO3)c2cc3c(cc2OC1N1CCCCC1)OCO3. The Bertz CT molecular complexity index is 939. The number of ether oxygens (including phenoxy) is 5. The molecule has 2 aromatic rings. The van der Waals surface area contributed by atoms with Gasteiger partial charge in [0.25, 0.3) is 0 Å². The highest BCUT2D eigenvalue weighted by Gasteiger charge is 2.41. The molecule has 0 aromatic heterocycles. The Morgan fingerprint density at radius 3 is 2.24 bits per heavy atom. The highest BCUT2D eigenvalue weighted by Crippen LogP contribution is 2.51. The van der Waals surface area contributed by atoms with Gasteiger partial charge in [-0.05, 0) is 36.6 Å². The van der Waals surface area contributed by atoms with Crippen LogP contribution in [0, 0.1) is 5.92 Å². The molecule has 0 spiro atoms. The number of rotatable bonds is 2. The second-order valence-corrected chi connectivity index (χ2v) is 8.30. The fourth-order valence-electron chi connectivity index (χ4n) is 5.14. The largest absolute Gasteiger partial charge is 0.474 e. The van der Waals surface area contributed by atoms with Crippen molar-refractivity contribution in [1.29, 1.82) is 0 Å². The van der Waals surface area contributed by atoms with E-state index in [4.69, 9.17) is 23.7 Å². The molecule has 0 aliphatic carbocycles. The van der Waals surface area contributed by atoms with Crippen LogP contribution in [-0.4, -0.2) is 37.8 Å². The fraction of sp³-hybridized carbons (Fsp3) is 0.478. The van der Waals surface area contributed by atoms with E-state index < -0.39 is 0 Å². The number of hydrogen-bond acceptors (Lipinski definition) is 6. The summed E-state index contributed by atoms with van der Waals surface area (Å²) in [6.45, 7) is 5.01. The molecule has 3 atom stereocenters. The Balaban J connectivity index is 1.45. The summed E-state index contributed by atoms with van der Waals surface area (Å²) in [6, 6.07) is 10.4. The summed E-state index contributed by atoms with van der Waals surface area (Å²) in [5, 5.41) is 0. The summed E-state index contributed by atoms with van der Waals surface area (Å²) >= 11 is 0. The number of nitrogens with zero attached hydrogens (tertiary/aromatic N) is 1. The number of likely N-dealkylation sites (tertiary alicyclic amines) is 1. The summed E-state index contributed by atoms with van der Waals surface area (Å²) in [5.74, 6) is 4.54. The Morgan fingerprint density at radius 2 is 1.45 bits per heavy atom. The molecule has 6 heteroatoms. The van der Waals surface area contributed by atoms with Crippen LogP contribution in [0.15, 0.2) is 30.3 Å². The lowest BCUT2D eigenvalue weighted by atomic mass is 9.77. The van der Waals surface area contributed by atoms with Gasteiger partial charge in [-0.3, -0.25) is 4.90 Å². The molecule has 0 radical (unpaired) electrons. The normalized spacial score (nSPS) is 27.4. The standard InChI is InChI=1S/C23H25NO5/c1-14-22(15-5-6-17-19(9-15)26-12-25-17)16-10-20-21(28-13-27-20)11-18(16)29-23(14)24-7-3-2-4-8-24/h5-6,9-11,14,22-23H,2-4,7-8,12-13H2,1H3. The Morgan fingerprint density at radius 1 is 0.759 bits per heavy atom. The molecule has 0 amide bonds. The molecule has 152 valence electrons. The highest BCUT2D eigenvalue weighted by atomic mass is 16.7. The van der Waals surface area contributed by atoms with E-state index in [9.17, 15) is 0 Å². The minimum atomic E-state index is 0.0404. The Kier molecular flexibility index (Phi) is 4.01. The third kappa shape index (κ3) is 2.81. The average molecular weight is 395 g/mol. The van der Waals surface area contributed by atoms with Crippen LogP contribution < -0.4 is 23.7 Å². The highest BCUT2D eigenvalue weighted by molar-refractivity contribution is 5.57. The van der Waals surface area contributed by atoms with Crippen LogP contribution >= 0.6 is 0 Å². The van der Waals surface area contributed by atoms with Crippen LogP contribution in [0.1, 0.15) is 43.2 Å². The van der Waals surface area contributed by atoms with E-state index in [0.29, 0.717) is 0 Å². The zero-order valence-electron chi connectivity index (χ0n) is 16.6. The predicted molar refractivity (Wildman–Crippen MR) is 106 cm³/mol. The summed E-state index contributed by atoms with van der Waals surface area (Å²) < 4.78 is 29.1. The van der Waals surface area contributed by atoms with Crippen LogP contribution in [-0.2, 0) is 0 Å². The third-order valence-electron chi connectivity index (χ3n) is 6.57. The molecule has 2 aromatic carbocycles. The van der Waals surface area contributed by atoms with Gasteiger partial charge in [-0.15, -0.1) is 0 Å². The molecule has 6 nitrogen and oxygen atoms in total. The number of fused-ring (bicyclic) bond motifs is 3. The molecule has 4 heterocycles. The second-order valence-electron chi connectivity index (χ2n) is 8.30. The van der Waals surface area contributed by atoms with E-state index in [-0.39, 0.29) is 31.6 Å². The summed E-state index contributed by atoms with van der Waals surface area (Å²) in [4.78, 5) is 2.50. The van der Waals surface area contributed by atoms with Crippen LogP contribution in [0.4, 0.5) is 0 Å². The summed E-state index contributed by atoms with van der Waals surface area (Å²) in [6.07, 6.45) is 3.81. The topological polar surface area (TPSA) is 49.4 Å². The van der Waals surface area contributed by atoms with Crippen molar-refractivity contribution in [2.75, 3.05) is 26.7 Å². The van der Waals surface area contributed by atoms with Crippen LogP contribution in [0.2, 0.25) is 0 Å². The van der Waals surface area contributed by atoms with E-state index >= 15 is 0 Å². The van der Waals surface area contributed by atoms with Crippen LogP contribution in [0.25, 0.3) is 0 Å². The monoisotopic (exact) mass is 395 g/mol. The van der Waals surface area contributed by atoms with E-state index in [0.717, 1.165) is 47.4 Å². The van der Waals surface area contributed by atoms with Crippen molar-refractivity contribution in [3.8, 4) is 28.7 Å². The Labute approximate surface area is 170 Å². The smallest absolute Gasteiger partial charge is 0.231 e. The minimum Gasteiger partial charge on any atom is -0.474 e. The van der Waals surface area contributed by atoms with Gasteiger partial charge in [0.05, 0.1) is 0 Å². The number of hydrogen-bond donors (Lipinski definition) is 0. The lowest BCUT2D eigenvalue weighted by molar-refractivity contribution is -0.0403. The van der Waals surface area contributed by atoms with Crippen molar-refractivity contribution in [3.63, 3.8) is 0 Å². The zero-order valence-corrected chi connectivity index (χ0v) is 16.6. The van der Waals surface area contributed by atoms with Crippen molar-refractivity contribution in [3.05, 3.63) is 41.5 Å². The number of benzene rings is 2. The fourth-order valence-corrected chi connectivity index (χ4v) is 5.14. The van der Waals surface area contributed by atoms with Crippen LogP contribution in [0.3, 0.4) is 0 Å². The molecule has 3 unspecified atom stereocenters. The first kappa shape index (κ1) is 17.3. The molecule has 1 fully saturated rings. The number of piperidine rings is 1. The van der Waals surface area contributed by atoms with E-state index in [1.807, 2.05) is 12.1 Å². The molecule has 0 bridgehead atoms. The van der Waals surface area contributed by atoms with Crippen molar-refractivity contribution in [2.24, 2.45) is 5.92 Å². The van der Waals surface area contributed by atoms with E-state index in [1.165, 1.54) is 24.8 Å². The van der Waals surface area contributed by atoms with Gasteiger partial charge in [0.1, 0.15) is 5.75 Å². The zero-order chi connectivity index (χ0) is 19.4. The Hall–Kier alpha value is -2.60. The van der Waals surface area contributed by atoms with E-state index in [2.05, 4.69) is 30.0 Å². The first-order valence-electron chi connectivity index (χ1n) is 10.5. The summed E-state index contributed by atoms with van der Waals surface area (Å²) in [5.41, 5.74) is 2.36. The quantitative estimate of drug-likeness (QED) is 0.763. The minimum absolute atomic E-state index is 0.0404. The van der Waals surface area contributed by atoms with Crippen LogP contribution in [0.5, 0.6) is 28.7 Å². The molecule has 4 aliphatic rings. The van der Waals surface area contributed by atoms with Crippen molar-refractivity contribution < 1.29 is 23.7 Å². The van der Waals surface area contributed by atoms with Gasteiger partial charge in [0.15, 0.2) is 29.2 Å². The van der Waals surface area contributed by atoms with Gasteiger partial charge < -0.3 is 23.7 Å². The van der Waals surface area contributed by atoms with Crippen molar-refractivity contribution in [2.45, 2.75) is 38.3 Å². The average Bonchev–Trinajstić information content (AvgIpc) is 3.41. The van der Waals surface area contributed by atoms with Gasteiger partial charge in [-0.1, -0.05) is 19.4 Å². The maximum absolute atomic E-state index is 6.59. The van der Waals surface area contributed by atoms with Gasteiger partial charge in [0, 0.05) is 36.6 Å². The molecule has 4 aliphatic heterocycles. The van der Waals surface area contributed by atoms with Crippen molar-refractivity contribution >= 4 is 0 Å².